The fourth-order valence-electron chi connectivity index (χ4n) is 2.47. The summed E-state index contributed by atoms with van der Waals surface area (Å²) in [6.45, 7) is 0. The van der Waals surface area contributed by atoms with Crippen molar-refractivity contribution in [1.82, 2.24) is 10.3 Å². The van der Waals surface area contributed by atoms with Crippen LogP contribution in [-0.2, 0) is 4.79 Å². The summed E-state index contributed by atoms with van der Waals surface area (Å²) >= 11 is 0. The Morgan fingerprint density at radius 2 is 2.15 bits per heavy atom. The van der Waals surface area contributed by atoms with Crippen LogP contribution >= 0.6 is 0 Å². The molecule has 1 aliphatic rings. The van der Waals surface area contributed by atoms with Crippen LogP contribution in [0.3, 0.4) is 0 Å². The standard InChI is InChI=1S/C15H16N2O3/c18-14(19)8-13(9-1-2-9)17-15(20)11-3-4-12-10(7-11)5-6-16-12/h3-7,9,13,16H,1-2,8H2,(H,17,20)(H,18,19). The number of aromatic amines is 1. The highest BCUT2D eigenvalue weighted by Crippen LogP contribution is 2.34. The van der Waals surface area contributed by atoms with E-state index in [9.17, 15) is 9.59 Å². The average molecular weight is 272 g/mol. The van der Waals surface area contributed by atoms with Gasteiger partial charge < -0.3 is 15.4 Å². The smallest absolute Gasteiger partial charge is 0.305 e. The number of carbonyl (C=O) groups is 2. The van der Waals surface area contributed by atoms with Crippen LogP contribution in [0.25, 0.3) is 10.9 Å². The number of nitrogens with one attached hydrogen (secondary N) is 2. The molecule has 1 aromatic heterocycles. The van der Waals surface area contributed by atoms with Crippen LogP contribution in [0.5, 0.6) is 0 Å². The molecule has 3 N–H and O–H groups in total. The summed E-state index contributed by atoms with van der Waals surface area (Å²) in [4.78, 5) is 26.1. The van der Waals surface area contributed by atoms with Gasteiger partial charge >= 0.3 is 5.97 Å². The first-order chi connectivity index (χ1) is 9.63. The molecule has 1 amide bonds. The van der Waals surface area contributed by atoms with Gasteiger partial charge in [0.1, 0.15) is 0 Å². The fraction of sp³-hybridized carbons (Fsp3) is 0.333. The molecule has 0 radical (unpaired) electrons. The van der Waals surface area contributed by atoms with Gasteiger partial charge in [-0.2, -0.15) is 0 Å². The summed E-state index contributed by atoms with van der Waals surface area (Å²) < 4.78 is 0. The third kappa shape index (κ3) is 2.66. The monoisotopic (exact) mass is 272 g/mol. The SMILES string of the molecule is O=C(O)CC(NC(=O)c1ccc2[nH]ccc2c1)C1CC1. The molecular formula is C15H16N2O3. The minimum absolute atomic E-state index is 0.0111. The van der Waals surface area contributed by atoms with Crippen molar-refractivity contribution in [2.24, 2.45) is 5.92 Å². The second-order valence-corrected chi connectivity index (χ2v) is 5.29. The van der Waals surface area contributed by atoms with E-state index in [-0.39, 0.29) is 18.4 Å². The number of hydrogen-bond donors (Lipinski definition) is 3. The predicted octanol–water partition coefficient (Wildman–Crippen LogP) is 2.15. The molecule has 0 aliphatic heterocycles. The van der Waals surface area contributed by atoms with E-state index in [1.54, 1.807) is 6.07 Å². The summed E-state index contributed by atoms with van der Waals surface area (Å²) in [5.74, 6) is -0.763. The van der Waals surface area contributed by atoms with Gasteiger partial charge in [0.25, 0.3) is 5.91 Å². The van der Waals surface area contributed by atoms with E-state index >= 15 is 0 Å². The Morgan fingerprint density at radius 3 is 2.85 bits per heavy atom. The Hall–Kier alpha value is -2.30. The van der Waals surface area contributed by atoms with Gasteiger partial charge in [0.15, 0.2) is 0 Å². The zero-order valence-electron chi connectivity index (χ0n) is 10.9. The van der Waals surface area contributed by atoms with E-state index < -0.39 is 5.97 Å². The minimum Gasteiger partial charge on any atom is -0.481 e. The highest BCUT2D eigenvalue weighted by atomic mass is 16.4. The molecule has 2 aromatic rings. The van der Waals surface area contributed by atoms with Crippen molar-refractivity contribution in [3.8, 4) is 0 Å². The Labute approximate surface area is 116 Å². The number of hydrogen-bond acceptors (Lipinski definition) is 2. The van der Waals surface area contributed by atoms with Gasteiger partial charge in [-0.05, 0) is 43.0 Å². The van der Waals surface area contributed by atoms with Crippen LogP contribution < -0.4 is 5.32 Å². The molecule has 104 valence electrons. The maximum atomic E-state index is 12.2. The Balaban J connectivity index is 1.75. The maximum Gasteiger partial charge on any atom is 0.305 e. The predicted molar refractivity (Wildman–Crippen MR) is 74.5 cm³/mol. The van der Waals surface area contributed by atoms with Crippen LogP contribution in [0.2, 0.25) is 0 Å². The molecule has 0 saturated heterocycles. The number of carboxylic acid groups (broad SMARTS) is 1. The number of carboxylic acids is 1. The van der Waals surface area contributed by atoms with Crippen molar-refractivity contribution >= 4 is 22.8 Å². The molecule has 1 aliphatic carbocycles. The molecule has 0 bridgehead atoms. The molecule has 1 fully saturated rings. The molecule has 0 spiro atoms. The van der Waals surface area contributed by atoms with Crippen molar-refractivity contribution in [3.05, 3.63) is 36.0 Å². The first-order valence-corrected chi connectivity index (χ1v) is 6.73. The molecule has 1 unspecified atom stereocenters. The number of benzene rings is 1. The Bertz CT molecular complexity index is 658. The van der Waals surface area contributed by atoms with E-state index in [0.29, 0.717) is 11.5 Å². The first-order valence-electron chi connectivity index (χ1n) is 6.73. The number of aliphatic carboxylic acids is 1. The number of H-pyrrole nitrogens is 1. The van der Waals surface area contributed by atoms with Crippen molar-refractivity contribution in [2.45, 2.75) is 25.3 Å². The minimum atomic E-state index is -0.872. The highest BCUT2D eigenvalue weighted by Gasteiger charge is 2.33. The zero-order valence-corrected chi connectivity index (χ0v) is 10.9. The number of fused-ring (bicyclic) bond motifs is 1. The summed E-state index contributed by atoms with van der Waals surface area (Å²) in [6.07, 6.45) is 3.80. The lowest BCUT2D eigenvalue weighted by Gasteiger charge is -2.16. The first kappa shape index (κ1) is 12.7. The quantitative estimate of drug-likeness (QED) is 0.780. The Morgan fingerprint density at radius 1 is 1.35 bits per heavy atom. The van der Waals surface area contributed by atoms with Gasteiger partial charge in [-0.25, -0.2) is 0 Å². The zero-order chi connectivity index (χ0) is 14.1. The van der Waals surface area contributed by atoms with Crippen molar-refractivity contribution in [1.29, 1.82) is 0 Å². The summed E-state index contributed by atoms with van der Waals surface area (Å²) in [5.41, 5.74) is 1.54. The van der Waals surface area contributed by atoms with Gasteiger partial charge in [0.2, 0.25) is 0 Å². The van der Waals surface area contributed by atoms with E-state index in [1.807, 2.05) is 24.4 Å². The van der Waals surface area contributed by atoms with Crippen LogP contribution in [0.15, 0.2) is 30.5 Å². The second-order valence-electron chi connectivity index (χ2n) is 5.29. The molecule has 1 atom stereocenters. The number of rotatable bonds is 5. The van der Waals surface area contributed by atoms with Gasteiger partial charge in [0.05, 0.1) is 6.42 Å². The van der Waals surface area contributed by atoms with E-state index in [2.05, 4.69) is 10.3 Å². The second kappa shape index (κ2) is 5.00. The highest BCUT2D eigenvalue weighted by molar-refractivity contribution is 5.98. The van der Waals surface area contributed by atoms with Crippen molar-refractivity contribution < 1.29 is 14.7 Å². The van der Waals surface area contributed by atoms with Gasteiger partial charge in [-0.1, -0.05) is 0 Å². The normalized spacial score (nSPS) is 16.0. The summed E-state index contributed by atoms with van der Waals surface area (Å²) in [6, 6.07) is 7.06. The molecule has 5 nitrogen and oxygen atoms in total. The van der Waals surface area contributed by atoms with Crippen LogP contribution in [-0.4, -0.2) is 28.0 Å². The van der Waals surface area contributed by atoms with Crippen LogP contribution in [0.1, 0.15) is 29.6 Å². The van der Waals surface area contributed by atoms with E-state index in [1.165, 1.54) is 0 Å². The van der Waals surface area contributed by atoms with E-state index in [4.69, 9.17) is 5.11 Å². The summed E-state index contributed by atoms with van der Waals surface area (Å²) in [7, 11) is 0. The lowest BCUT2D eigenvalue weighted by atomic mass is 10.1. The molecule has 1 aromatic carbocycles. The van der Waals surface area contributed by atoms with Crippen LogP contribution in [0.4, 0.5) is 0 Å². The third-order valence-corrected chi connectivity index (χ3v) is 3.72. The van der Waals surface area contributed by atoms with E-state index in [0.717, 1.165) is 23.7 Å². The topological polar surface area (TPSA) is 82.2 Å². The molecule has 3 rings (SSSR count). The molecule has 20 heavy (non-hydrogen) atoms. The van der Waals surface area contributed by atoms with Crippen molar-refractivity contribution in [3.63, 3.8) is 0 Å². The molecule has 1 saturated carbocycles. The lowest BCUT2D eigenvalue weighted by Crippen LogP contribution is -2.38. The van der Waals surface area contributed by atoms with Gasteiger partial charge in [-0.3, -0.25) is 9.59 Å². The van der Waals surface area contributed by atoms with Crippen molar-refractivity contribution in [2.75, 3.05) is 0 Å². The largest absolute Gasteiger partial charge is 0.481 e. The number of amides is 1. The lowest BCUT2D eigenvalue weighted by molar-refractivity contribution is -0.137. The van der Waals surface area contributed by atoms with Crippen LogP contribution in [0, 0.1) is 5.92 Å². The number of aromatic nitrogens is 1. The molecular weight excluding hydrogens is 256 g/mol. The van der Waals surface area contributed by atoms with Gasteiger partial charge in [-0.15, -0.1) is 0 Å². The molecule has 1 heterocycles. The average Bonchev–Trinajstić information content (AvgIpc) is 3.15. The fourth-order valence-corrected chi connectivity index (χ4v) is 2.47. The third-order valence-electron chi connectivity index (χ3n) is 3.72. The maximum absolute atomic E-state index is 12.2. The summed E-state index contributed by atoms with van der Waals surface area (Å²) in [5, 5.41) is 12.7. The molecule has 5 heteroatoms. The Kier molecular flexibility index (Phi) is 3.18. The van der Waals surface area contributed by atoms with Gasteiger partial charge in [0, 0.05) is 28.7 Å². The number of carbonyl (C=O) groups excluding carboxylic acids is 1.